The molecule has 28 heavy (non-hydrogen) atoms. The molecule has 146 valence electrons. The average molecular weight is 379 g/mol. The number of carbonyl (C=O) groups excluding carboxylic acids is 1. The molecule has 0 saturated carbocycles. The van der Waals surface area contributed by atoms with Gasteiger partial charge in [0.05, 0.1) is 19.2 Å². The lowest BCUT2D eigenvalue weighted by molar-refractivity contribution is -0.116. The lowest BCUT2D eigenvalue weighted by atomic mass is 9.93. The van der Waals surface area contributed by atoms with E-state index in [4.69, 9.17) is 4.74 Å². The van der Waals surface area contributed by atoms with Crippen molar-refractivity contribution >= 4 is 11.7 Å². The predicted molar refractivity (Wildman–Crippen MR) is 107 cm³/mol. The van der Waals surface area contributed by atoms with Gasteiger partial charge in [-0.15, -0.1) is 0 Å². The minimum atomic E-state index is -0.131. The Morgan fingerprint density at radius 1 is 1.29 bits per heavy atom. The van der Waals surface area contributed by atoms with Gasteiger partial charge in [-0.25, -0.2) is 9.67 Å². The summed E-state index contributed by atoms with van der Waals surface area (Å²) in [5, 5.41) is 7.54. The molecule has 1 atom stereocenters. The van der Waals surface area contributed by atoms with Crippen molar-refractivity contribution in [1.82, 2.24) is 19.3 Å². The van der Waals surface area contributed by atoms with E-state index < -0.39 is 0 Å². The van der Waals surface area contributed by atoms with Crippen LogP contribution in [0.3, 0.4) is 0 Å². The monoisotopic (exact) mass is 379 g/mol. The summed E-state index contributed by atoms with van der Waals surface area (Å²) in [7, 11) is 1.65. The molecule has 1 aliphatic heterocycles. The van der Waals surface area contributed by atoms with Gasteiger partial charge in [0, 0.05) is 36.6 Å². The highest BCUT2D eigenvalue weighted by Gasteiger charge is 2.32. The minimum Gasteiger partial charge on any atom is -0.497 e. The third kappa shape index (κ3) is 3.40. The number of hydrogen-bond acceptors (Lipinski definition) is 4. The highest BCUT2D eigenvalue weighted by Crippen LogP contribution is 2.37. The zero-order valence-corrected chi connectivity index (χ0v) is 16.4. The van der Waals surface area contributed by atoms with Crippen LogP contribution in [-0.4, -0.2) is 32.3 Å². The summed E-state index contributed by atoms with van der Waals surface area (Å²) in [6, 6.07) is 7.81. The molecule has 0 unspecified atom stereocenters. The van der Waals surface area contributed by atoms with E-state index in [-0.39, 0.29) is 11.8 Å². The lowest BCUT2D eigenvalue weighted by Gasteiger charge is -2.24. The highest BCUT2D eigenvalue weighted by atomic mass is 16.5. The van der Waals surface area contributed by atoms with Crippen LogP contribution in [-0.2, 0) is 11.3 Å². The zero-order valence-electron chi connectivity index (χ0n) is 16.4. The molecule has 0 saturated heterocycles. The highest BCUT2D eigenvalue weighted by molar-refractivity contribution is 5.94. The first kappa shape index (κ1) is 18.3. The molecule has 0 spiro atoms. The number of carbonyl (C=O) groups is 1. The first-order chi connectivity index (χ1) is 13.6. The number of anilines is 1. The van der Waals surface area contributed by atoms with Crippen LogP contribution in [0, 0.1) is 5.92 Å². The van der Waals surface area contributed by atoms with Gasteiger partial charge < -0.3 is 14.6 Å². The average Bonchev–Trinajstić information content (AvgIpc) is 3.33. The van der Waals surface area contributed by atoms with Crippen molar-refractivity contribution in [2.45, 2.75) is 39.2 Å². The van der Waals surface area contributed by atoms with Crippen LogP contribution in [0.2, 0.25) is 0 Å². The predicted octanol–water partition coefficient (Wildman–Crippen LogP) is 3.60. The topological polar surface area (TPSA) is 74.0 Å². The fourth-order valence-electron chi connectivity index (χ4n) is 3.58. The first-order valence-corrected chi connectivity index (χ1v) is 9.60. The number of hydrogen-bond donors (Lipinski definition) is 1. The number of amides is 1. The molecule has 0 aliphatic carbocycles. The SMILES string of the molecule is COc1ccc(-n2ccnc2[C@H]2CC(=O)Nc3c2cnn3CCC(C)C)cc1. The van der Waals surface area contributed by atoms with E-state index >= 15 is 0 Å². The van der Waals surface area contributed by atoms with Gasteiger partial charge >= 0.3 is 0 Å². The number of nitrogens with zero attached hydrogens (tertiary/aromatic N) is 4. The molecule has 4 rings (SSSR count). The Morgan fingerprint density at radius 3 is 2.79 bits per heavy atom. The van der Waals surface area contributed by atoms with Gasteiger partial charge in [-0.1, -0.05) is 13.8 Å². The van der Waals surface area contributed by atoms with Gasteiger partial charge in [0.25, 0.3) is 0 Å². The number of methoxy groups -OCH3 is 1. The van der Waals surface area contributed by atoms with Crippen molar-refractivity contribution in [3.63, 3.8) is 0 Å². The maximum atomic E-state index is 12.4. The second-order valence-corrected chi connectivity index (χ2v) is 7.51. The molecule has 1 aromatic carbocycles. The molecule has 7 nitrogen and oxygen atoms in total. The number of nitrogens with one attached hydrogen (secondary N) is 1. The molecule has 3 aromatic rings. The van der Waals surface area contributed by atoms with Crippen molar-refractivity contribution < 1.29 is 9.53 Å². The molecule has 0 fully saturated rings. The number of aromatic nitrogens is 4. The lowest BCUT2D eigenvalue weighted by Crippen LogP contribution is -2.26. The standard InChI is InChI=1S/C21H25N5O2/c1-14(2)8-10-26-21-18(13-23-26)17(12-19(27)24-21)20-22-9-11-25(20)15-4-6-16(28-3)7-5-15/h4-7,9,11,13-14,17H,8,10,12H2,1-3H3,(H,24,27)/t17-/m0/s1. The summed E-state index contributed by atoms with van der Waals surface area (Å²) in [5.74, 6) is 2.87. The zero-order chi connectivity index (χ0) is 19.7. The maximum absolute atomic E-state index is 12.4. The summed E-state index contributed by atoms with van der Waals surface area (Å²) < 4.78 is 9.18. The fourth-order valence-corrected chi connectivity index (χ4v) is 3.58. The van der Waals surface area contributed by atoms with Crippen LogP contribution in [0.25, 0.3) is 5.69 Å². The fraction of sp³-hybridized carbons (Fsp3) is 0.381. The van der Waals surface area contributed by atoms with Crippen molar-refractivity contribution in [2.24, 2.45) is 5.92 Å². The molecule has 1 N–H and O–H groups in total. The van der Waals surface area contributed by atoms with Crippen molar-refractivity contribution in [3.8, 4) is 11.4 Å². The minimum absolute atomic E-state index is 0.00641. The Balaban J connectivity index is 1.70. The normalized spacial score (nSPS) is 16.1. The van der Waals surface area contributed by atoms with Crippen LogP contribution >= 0.6 is 0 Å². The van der Waals surface area contributed by atoms with Crippen LogP contribution in [0.5, 0.6) is 5.75 Å². The molecular formula is C21H25N5O2. The molecule has 0 bridgehead atoms. The van der Waals surface area contributed by atoms with Gasteiger partial charge in [-0.05, 0) is 36.6 Å². The van der Waals surface area contributed by atoms with Gasteiger partial charge in [0.1, 0.15) is 17.4 Å². The summed E-state index contributed by atoms with van der Waals surface area (Å²) in [6.45, 7) is 5.15. The van der Waals surface area contributed by atoms with E-state index in [2.05, 4.69) is 29.2 Å². The molecule has 3 heterocycles. The van der Waals surface area contributed by atoms with Crippen molar-refractivity contribution in [2.75, 3.05) is 12.4 Å². The second kappa shape index (κ2) is 7.50. The summed E-state index contributed by atoms with van der Waals surface area (Å²) in [4.78, 5) is 17.0. The third-order valence-electron chi connectivity index (χ3n) is 5.14. The quantitative estimate of drug-likeness (QED) is 0.710. The first-order valence-electron chi connectivity index (χ1n) is 9.60. The Hall–Kier alpha value is -3.09. The number of imidazole rings is 1. The van der Waals surface area contributed by atoms with E-state index in [1.807, 2.05) is 45.9 Å². The van der Waals surface area contributed by atoms with Gasteiger partial charge in [0.2, 0.25) is 5.91 Å². The molecule has 7 heteroatoms. The molecular weight excluding hydrogens is 354 g/mol. The molecule has 1 amide bonds. The van der Waals surface area contributed by atoms with Crippen LogP contribution in [0.15, 0.2) is 42.9 Å². The van der Waals surface area contributed by atoms with Crippen molar-refractivity contribution in [1.29, 1.82) is 0 Å². The smallest absolute Gasteiger partial charge is 0.226 e. The van der Waals surface area contributed by atoms with E-state index in [0.717, 1.165) is 41.6 Å². The number of ether oxygens (including phenoxy) is 1. The number of rotatable bonds is 6. The summed E-state index contributed by atoms with van der Waals surface area (Å²) in [6.07, 6.45) is 6.93. The third-order valence-corrected chi connectivity index (χ3v) is 5.14. The van der Waals surface area contributed by atoms with Crippen LogP contribution < -0.4 is 10.1 Å². The number of benzene rings is 1. The Labute approximate surface area is 164 Å². The van der Waals surface area contributed by atoms with E-state index in [1.54, 1.807) is 13.3 Å². The second-order valence-electron chi connectivity index (χ2n) is 7.51. The molecule has 1 aliphatic rings. The Kier molecular flexibility index (Phi) is 4.90. The summed E-state index contributed by atoms with van der Waals surface area (Å²) >= 11 is 0. The van der Waals surface area contributed by atoms with Crippen LogP contribution in [0.1, 0.15) is 44.0 Å². The Bertz CT molecular complexity index is 971. The number of aryl methyl sites for hydroxylation is 1. The van der Waals surface area contributed by atoms with E-state index in [0.29, 0.717) is 12.3 Å². The van der Waals surface area contributed by atoms with Crippen LogP contribution in [0.4, 0.5) is 5.82 Å². The molecule has 2 aromatic heterocycles. The Morgan fingerprint density at radius 2 is 2.07 bits per heavy atom. The summed E-state index contributed by atoms with van der Waals surface area (Å²) in [5.41, 5.74) is 2.00. The van der Waals surface area contributed by atoms with Gasteiger partial charge in [-0.2, -0.15) is 5.10 Å². The number of fused-ring (bicyclic) bond motifs is 1. The van der Waals surface area contributed by atoms with E-state index in [9.17, 15) is 4.79 Å². The largest absolute Gasteiger partial charge is 0.497 e. The van der Waals surface area contributed by atoms with Gasteiger partial charge in [-0.3, -0.25) is 4.79 Å². The van der Waals surface area contributed by atoms with Crippen molar-refractivity contribution in [3.05, 3.63) is 54.2 Å². The van der Waals surface area contributed by atoms with E-state index in [1.165, 1.54) is 0 Å². The maximum Gasteiger partial charge on any atom is 0.226 e. The molecule has 0 radical (unpaired) electrons. The van der Waals surface area contributed by atoms with Gasteiger partial charge in [0.15, 0.2) is 0 Å².